The van der Waals surface area contributed by atoms with Gasteiger partial charge >= 0.3 is 0 Å². The molecule has 2 atom stereocenters. The largest absolute Gasteiger partial charge is 0.399 e. The molecule has 3 nitrogen and oxygen atoms in total. The average molecular weight is 218 g/mol. The Morgan fingerprint density at radius 3 is 3.06 bits per heavy atom. The lowest BCUT2D eigenvalue weighted by atomic mass is 9.87. The fourth-order valence-corrected chi connectivity index (χ4v) is 3.16. The van der Waals surface area contributed by atoms with E-state index < -0.39 is 5.60 Å². The second kappa shape index (κ2) is 3.47. The Morgan fingerprint density at radius 1 is 1.44 bits per heavy atom. The van der Waals surface area contributed by atoms with E-state index >= 15 is 0 Å². The molecule has 86 valence electrons. The van der Waals surface area contributed by atoms with Crippen LogP contribution in [0, 0.1) is 0 Å². The molecule has 16 heavy (non-hydrogen) atoms. The Labute approximate surface area is 95.7 Å². The van der Waals surface area contributed by atoms with E-state index in [1.54, 1.807) is 0 Å². The molecule has 1 fully saturated rings. The highest BCUT2D eigenvalue weighted by atomic mass is 16.3. The Balaban J connectivity index is 2.00. The zero-order chi connectivity index (χ0) is 11.2. The minimum absolute atomic E-state index is 0.220. The van der Waals surface area contributed by atoms with Crippen LogP contribution in [-0.2, 0) is 12.0 Å². The summed E-state index contributed by atoms with van der Waals surface area (Å²) in [6.45, 7) is 1.03. The number of nitrogens with one attached hydrogen (secondary N) is 1. The molecule has 0 bridgehead atoms. The van der Waals surface area contributed by atoms with Gasteiger partial charge in [0, 0.05) is 11.7 Å². The third-order valence-electron chi connectivity index (χ3n) is 4.01. The van der Waals surface area contributed by atoms with E-state index in [-0.39, 0.29) is 6.04 Å². The maximum Gasteiger partial charge on any atom is 0.105 e. The van der Waals surface area contributed by atoms with Crippen LogP contribution in [0.3, 0.4) is 0 Å². The fourth-order valence-electron chi connectivity index (χ4n) is 3.16. The molecule has 1 aliphatic heterocycles. The number of anilines is 1. The molecule has 1 heterocycles. The normalized spacial score (nSPS) is 32.9. The maximum atomic E-state index is 10.8. The molecule has 3 rings (SSSR count). The van der Waals surface area contributed by atoms with E-state index in [9.17, 15) is 5.11 Å². The van der Waals surface area contributed by atoms with E-state index in [0.29, 0.717) is 0 Å². The van der Waals surface area contributed by atoms with Crippen LogP contribution in [0.4, 0.5) is 5.69 Å². The number of benzene rings is 1. The molecular formula is C13H18N2O. The molecule has 1 saturated heterocycles. The van der Waals surface area contributed by atoms with Crippen molar-refractivity contribution in [1.29, 1.82) is 0 Å². The average Bonchev–Trinajstić information content (AvgIpc) is 2.87. The predicted molar refractivity (Wildman–Crippen MR) is 64.1 cm³/mol. The van der Waals surface area contributed by atoms with E-state index in [1.165, 1.54) is 5.56 Å². The number of rotatable bonds is 1. The summed E-state index contributed by atoms with van der Waals surface area (Å²) in [5.41, 5.74) is 8.21. The van der Waals surface area contributed by atoms with E-state index in [2.05, 4.69) is 5.32 Å². The lowest BCUT2D eigenvalue weighted by Crippen LogP contribution is -2.43. The topological polar surface area (TPSA) is 58.3 Å². The van der Waals surface area contributed by atoms with Crippen LogP contribution in [0.2, 0.25) is 0 Å². The molecule has 1 aromatic carbocycles. The molecule has 1 aromatic rings. The lowest BCUT2D eigenvalue weighted by molar-refractivity contribution is 0.00462. The molecule has 2 unspecified atom stereocenters. The second-order valence-electron chi connectivity index (χ2n) is 4.99. The van der Waals surface area contributed by atoms with Crippen LogP contribution in [0.1, 0.15) is 30.4 Å². The molecule has 1 aliphatic carbocycles. The summed E-state index contributed by atoms with van der Waals surface area (Å²) >= 11 is 0. The van der Waals surface area contributed by atoms with Crippen LogP contribution < -0.4 is 11.1 Å². The lowest BCUT2D eigenvalue weighted by Gasteiger charge is -2.31. The van der Waals surface area contributed by atoms with E-state index in [0.717, 1.165) is 43.5 Å². The van der Waals surface area contributed by atoms with Crippen molar-refractivity contribution >= 4 is 5.69 Å². The van der Waals surface area contributed by atoms with Crippen LogP contribution in [-0.4, -0.2) is 17.7 Å². The third-order valence-corrected chi connectivity index (χ3v) is 4.01. The van der Waals surface area contributed by atoms with Crippen molar-refractivity contribution < 1.29 is 5.11 Å². The summed E-state index contributed by atoms with van der Waals surface area (Å²) in [7, 11) is 0. The van der Waals surface area contributed by atoms with Crippen molar-refractivity contribution in [3.05, 3.63) is 29.3 Å². The first kappa shape index (κ1) is 10.1. The van der Waals surface area contributed by atoms with Gasteiger partial charge in [-0.3, -0.25) is 0 Å². The van der Waals surface area contributed by atoms with Crippen molar-refractivity contribution in [2.24, 2.45) is 0 Å². The van der Waals surface area contributed by atoms with Crippen molar-refractivity contribution in [1.82, 2.24) is 5.32 Å². The van der Waals surface area contributed by atoms with Crippen molar-refractivity contribution in [2.45, 2.75) is 37.3 Å². The monoisotopic (exact) mass is 218 g/mol. The minimum atomic E-state index is -0.667. The molecule has 0 amide bonds. The van der Waals surface area contributed by atoms with Gasteiger partial charge in [0.25, 0.3) is 0 Å². The van der Waals surface area contributed by atoms with Crippen molar-refractivity contribution in [3.63, 3.8) is 0 Å². The molecule has 4 N–H and O–H groups in total. The van der Waals surface area contributed by atoms with Crippen LogP contribution in [0.15, 0.2) is 18.2 Å². The van der Waals surface area contributed by atoms with Crippen LogP contribution in [0.25, 0.3) is 0 Å². The van der Waals surface area contributed by atoms with Crippen molar-refractivity contribution in [2.75, 3.05) is 12.3 Å². The zero-order valence-electron chi connectivity index (χ0n) is 9.37. The minimum Gasteiger partial charge on any atom is -0.399 e. The number of aryl methyl sites for hydroxylation is 1. The van der Waals surface area contributed by atoms with E-state index in [4.69, 9.17) is 5.73 Å². The summed E-state index contributed by atoms with van der Waals surface area (Å²) in [4.78, 5) is 0. The summed E-state index contributed by atoms with van der Waals surface area (Å²) in [5.74, 6) is 0. The van der Waals surface area contributed by atoms with Gasteiger partial charge in [0.05, 0.1) is 0 Å². The number of nitrogens with two attached hydrogens (primary N) is 1. The number of nitrogen functional groups attached to an aromatic ring is 1. The SMILES string of the molecule is Nc1ccc2c(c1)CCC2(O)C1CCCN1. The summed E-state index contributed by atoms with van der Waals surface area (Å²) in [6, 6.07) is 6.11. The molecule has 3 heteroatoms. The first-order valence-corrected chi connectivity index (χ1v) is 6.05. The highest BCUT2D eigenvalue weighted by molar-refractivity contribution is 5.49. The summed E-state index contributed by atoms with van der Waals surface area (Å²) < 4.78 is 0. The maximum absolute atomic E-state index is 10.8. The molecule has 0 radical (unpaired) electrons. The van der Waals surface area contributed by atoms with Gasteiger partial charge < -0.3 is 16.2 Å². The number of hydrogen-bond acceptors (Lipinski definition) is 3. The third kappa shape index (κ3) is 1.35. The number of hydrogen-bond donors (Lipinski definition) is 3. The molecular weight excluding hydrogens is 200 g/mol. The van der Waals surface area contributed by atoms with Gasteiger partial charge in [0.1, 0.15) is 5.60 Å². The van der Waals surface area contributed by atoms with Gasteiger partial charge in [0.15, 0.2) is 0 Å². The smallest absolute Gasteiger partial charge is 0.105 e. The highest BCUT2D eigenvalue weighted by Gasteiger charge is 2.44. The Kier molecular flexibility index (Phi) is 2.19. The van der Waals surface area contributed by atoms with Gasteiger partial charge in [-0.05, 0) is 55.5 Å². The fraction of sp³-hybridized carbons (Fsp3) is 0.538. The van der Waals surface area contributed by atoms with Gasteiger partial charge in [-0.15, -0.1) is 0 Å². The molecule has 0 saturated carbocycles. The molecule has 0 spiro atoms. The van der Waals surface area contributed by atoms with Crippen LogP contribution in [0.5, 0.6) is 0 Å². The number of aliphatic hydroxyl groups is 1. The Hall–Kier alpha value is -1.06. The van der Waals surface area contributed by atoms with E-state index in [1.807, 2.05) is 18.2 Å². The molecule has 2 aliphatic rings. The number of fused-ring (bicyclic) bond motifs is 1. The Bertz CT molecular complexity index is 412. The quantitative estimate of drug-likeness (QED) is 0.620. The second-order valence-corrected chi connectivity index (χ2v) is 4.99. The van der Waals surface area contributed by atoms with Gasteiger partial charge in [-0.25, -0.2) is 0 Å². The highest BCUT2D eigenvalue weighted by Crippen LogP contribution is 2.42. The zero-order valence-corrected chi connectivity index (χ0v) is 9.37. The van der Waals surface area contributed by atoms with Crippen LogP contribution >= 0.6 is 0 Å². The first-order chi connectivity index (χ1) is 7.70. The van der Waals surface area contributed by atoms with Crippen molar-refractivity contribution in [3.8, 4) is 0 Å². The first-order valence-electron chi connectivity index (χ1n) is 6.05. The van der Waals surface area contributed by atoms with Gasteiger partial charge in [0.2, 0.25) is 0 Å². The standard InChI is InChI=1S/C13H18N2O/c14-10-3-4-11-9(8-10)5-6-13(11,16)12-2-1-7-15-12/h3-4,8,12,15-16H,1-2,5-7,14H2. The summed E-state index contributed by atoms with van der Waals surface area (Å²) in [5, 5.41) is 14.2. The molecule has 0 aromatic heterocycles. The predicted octanol–water partition coefficient (Wildman–Crippen LogP) is 1.15. The van der Waals surface area contributed by atoms with Gasteiger partial charge in [-0.1, -0.05) is 6.07 Å². The summed E-state index contributed by atoms with van der Waals surface area (Å²) in [6.07, 6.45) is 4.00. The van der Waals surface area contributed by atoms with Gasteiger partial charge in [-0.2, -0.15) is 0 Å². The Morgan fingerprint density at radius 2 is 2.31 bits per heavy atom.